The molecule has 0 amide bonds. The molecule has 1 atom stereocenters. The van der Waals surface area contributed by atoms with Crippen molar-refractivity contribution in [2.45, 2.75) is 41.3 Å². The van der Waals surface area contributed by atoms with E-state index in [2.05, 4.69) is 25.5 Å². The molecule has 5 aromatic rings. The average Bonchev–Trinajstić information content (AvgIpc) is 3.50. The molecule has 0 aliphatic heterocycles. The van der Waals surface area contributed by atoms with E-state index in [0.717, 1.165) is 24.1 Å². The van der Waals surface area contributed by atoms with Crippen LogP contribution in [0.5, 0.6) is 5.75 Å². The smallest absolute Gasteiger partial charge is 0.262 e. The Hall–Kier alpha value is -4.00. The van der Waals surface area contributed by atoms with E-state index >= 15 is 0 Å². The number of carbonyl (C=O) groups excluding carboxylic acids is 1. The van der Waals surface area contributed by atoms with Crippen molar-refractivity contribution < 1.29 is 9.53 Å². The summed E-state index contributed by atoms with van der Waals surface area (Å²) >= 11 is 2.89. The fourth-order valence-corrected chi connectivity index (χ4v) is 6.33. The number of ketones is 1. The molecule has 0 saturated carbocycles. The van der Waals surface area contributed by atoms with Crippen LogP contribution >= 0.6 is 23.5 Å². The predicted molar refractivity (Wildman–Crippen MR) is 170 cm³/mol. The second-order valence-corrected chi connectivity index (χ2v) is 13.0. The topological polar surface area (TPSA) is 119 Å². The van der Waals surface area contributed by atoms with E-state index in [-0.39, 0.29) is 11.3 Å². The lowest BCUT2D eigenvalue weighted by Gasteiger charge is -2.30. The molecule has 222 valence electrons. The first-order valence-electron chi connectivity index (χ1n) is 13.7. The number of nitrogens with one attached hydrogen (secondary N) is 1. The largest absolute Gasteiger partial charge is 0.476 e. The van der Waals surface area contributed by atoms with Crippen molar-refractivity contribution in [1.29, 1.82) is 0 Å². The number of rotatable bonds is 12. The van der Waals surface area contributed by atoms with Crippen LogP contribution in [0.1, 0.15) is 40.4 Å². The quantitative estimate of drug-likeness (QED) is 0.0877. The van der Waals surface area contributed by atoms with Crippen molar-refractivity contribution in [3.05, 3.63) is 99.3 Å². The zero-order valence-electron chi connectivity index (χ0n) is 24.7. The van der Waals surface area contributed by atoms with Crippen molar-refractivity contribution >= 4 is 40.2 Å². The maximum Gasteiger partial charge on any atom is 0.262 e. The number of ether oxygens (including phenoxy) is 1. The van der Waals surface area contributed by atoms with Crippen molar-refractivity contribution in [1.82, 2.24) is 35.1 Å². The number of benzene rings is 3. The van der Waals surface area contributed by atoms with Gasteiger partial charge in [0, 0.05) is 36.9 Å². The molecule has 43 heavy (non-hydrogen) atoms. The first-order chi connectivity index (χ1) is 20.6. The number of aryl methyl sites for hydroxylation is 1. The molecule has 3 aromatic carbocycles. The van der Waals surface area contributed by atoms with Crippen LogP contribution in [0.2, 0.25) is 0 Å². The molecule has 2 aromatic heterocycles. The van der Waals surface area contributed by atoms with Gasteiger partial charge in [-0.25, -0.2) is 4.98 Å². The number of hydrogen-bond acceptors (Lipinski definition) is 10. The summed E-state index contributed by atoms with van der Waals surface area (Å²) in [6.45, 7) is 4.72. The standard InChI is InChI=1S/C31H33N7O3S2/c1-20-7-6-8-25-26(20)28(40)38(5)30(32-25)42-19-21-9-11-22(12-10-21)27(39)23-13-15-24(16-14-23)41-31(2,17-18-37(3)4)43-29-33-35-36-34-29/h6-16H,17-19H2,1-5H3,(H,33,34,35,36). The highest BCUT2D eigenvalue weighted by atomic mass is 32.2. The molecule has 10 nitrogen and oxygen atoms in total. The molecule has 0 spiro atoms. The number of tetrazole rings is 1. The number of hydrogen-bond donors (Lipinski definition) is 1. The molecule has 0 radical (unpaired) electrons. The second-order valence-electron chi connectivity index (χ2n) is 10.7. The molecule has 12 heteroatoms. The van der Waals surface area contributed by atoms with Gasteiger partial charge in [0.1, 0.15) is 5.75 Å². The number of aromatic amines is 1. The van der Waals surface area contributed by atoms with Gasteiger partial charge in [0.05, 0.1) is 10.9 Å². The van der Waals surface area contributed by atoms with Gasteiger partial charge < -0.3 is 9.64 Å². The molecule has 0 saturated heterocycles. The number of H-pyrrole nitrogens is 1. The van der Waals surface area contributed by atoms with Gasteiger partial charge in [-0.1, -0.05) is 48.2 Å². The first kappa shape index (κ1) is 30.5. The summed E-state index contributed by atoms with van der Waals surface area (Å²) in [7, 11) is 5.77. The zero-order chi connectivity index (χ0) is 30.6. The van der Waals surface area contributed by atoms with Crippen LogP contribution in [0.25, 0.3) is 10.9 Å². The lowest BCUT2D eigenvalue weighted by atomic mass is 10.0. The third kappa shape index (κ3) is 7.32. The van der Waals surface area contributed by atoms with Gasteiger partial charge in [-0.15, -0.1) is 10.2 Å². The lowest BCUT2D eigenvalue weighted by molar-refractivity contribution is 0.103. The predicted octanol–water partition coefficient (Wildman–Crippen LogP) is 5.12. The van der Waals surface area contributed by atoms with E-state index in [4.69, 9.17) is 9.72 Å². The Morgan fingerprint density at radius 3 is 2.40 bits per heavy atom. The van der Waals surface area contributed by atoms with Crippen LogP contribution in [0.15, 0.2) is 81.8 Å². The van der Waals surface area contributed by atoms with Crippen LogP contribution < -0.4 is 10.3 Å². The highest BCUT2D eigenvalue weighted by Crippen LogP contribution is 2.36. The molecular formula is C31H33N7O3S2. The van der Waals surface area contributed by atoms with Crippen molar-refractivity contribution in [3.63, 3.8) is 0 Å². The summed E-state index contributed by atoms with van der Waals surface area (Å²) < 4.78 is 7.96. The monoisotopic (exact) mass is 615 g/mol. The Labute approximate surface area is 258 Å². The Bertz CT molecular complexity index is 1770. The van der Waals surface area contributed by atoms with Crippen LogP contribution in [-0.4, -0.2) is 66.4 Å². The number of thioether (sulfide) groups is 2. The van der Waals surface area contributed by atoms with Gasteiger partial charge in [0.15, 0.2) is 15.9 Å². The minimum absolute atomic E-state index is 0.0492. The number of fused-ring (bicyclic) bond motifs is 1. The molecule has 1 N–H and O–H groups in total. The summed E-state index contributed by atoms with van der Waals surface area (Å²) in [5, 5.41) is 16.0. The summed E-state index contributed by atoms with van der Waals surface area (Å²) in [5.41, 5.74) is 3.76. The van der Waals surface area contributed by atoms with E-state index in [1.807, 2.05) is 82.5 Å². The normalized spacial score (nSPS) is 12.9. The Morgan fingerprint density at radius 2 is 1.74 bits per heavy atom. The van der Waals surface area contributed by atoms with Crippen molar-refractivity contribution in [2.24, 2.45) is 7.05 Å². The Balaban J connectivity index is 1.23. The third-order valence-electron chi connectivity index (χ3n) is 6.95. The first-order valence-corrected chi connectivity index (χ1v) is 15.5. The fourth-order valence-electron chi connectivity index (χ4n) is 4.51. The molecular weight excluding hydrogens is 583 g/mol. The second kappa shape index (κ2) is 13.1. The fraction of sp³-hybridized carbons (Fsp3) is 0.290. The Morgan fingerprint density at radius 1 is 1.05 bits per heavy atom. The van der Waals surface area contributed by atoms with E-state index in [0.29, 0.717) is 43.8 Å². The third-order valence-corrected chi connectivity index (χ3v) is 9.13. The highest BCUT2D eigenvalue weighted by Gasteiger charge is 2.30. The van der Waals surface area contributed by atoms with E-state index in [9.17, 15) is 9.59 Å². The molecule has 0 bridgehead atoms. The van der Waals surface area contributed by atoms with Gasteiger partial charge in [-0.05, 0) is 86.4 Å². The number of nitrogens with zero attached hydrogens (tertiary/aromatic N) is 6. The van der Waals surface area contributed by atoms with Crippen LogP contribution in [0, 0.1) is 6.92 Å². The van der Waals surface area contributed by atoms with Crippen LogP contribution in [0.3, 0.4) is 0 Å². The average molecular weight is 616 g/mol. The Kier molecular flexibility index (Phi) is 9.28. The number of aromatic nitrogens is 6. The lowest BCUT2D eigenvalue weighted by Crippen LogP contribution is -2.32. The molecule has 1 unspecified atom stereocenters. The SMILES string of the molecule is Cc1cccc2nc(SCc3ccc(C(=O)c4ccc(OC(C)(CCN(C)C)Sc5nn[nH]n5)cc4)cc3)n(C)c(=O)c12. The zero-order valence-corrected chi connectivity index (χ0v) is 26.3. The molecule has 2 heterocycles. The van der Waals surface area contributed by atoms with Crippen LogP contribution in [-0.2, 0) is 12.8 Å². The van der Waals surface area contributed by atoms with E-state index < -0.39 is 4.93 Å². The molecule has 0 aliphatic rings. The molecule has 5 rings (SSSR count). The van der Waals surface area contributed by atoms with Crippen molar-refractivity contribution in [2.75, 3.05) is 20.6 Å². The summed E-state index contributed by atoms with van der Waals surface area (Å²) in [6.07, 6.45) is 0.720. The minimum atomic E-state index is -0.638. The minimum Gasteiger partial charge on any atom is -0.476 e. The van der Waals surface area contributed by atoms with Gasteiger partial charge in [-0.3, -0.25) is 14.2 Å². The van der Waals surface area contributed by atoms with Gasteiger partial charge in [0.2, 0.25) is 5.16 Å². The van der Waals surface area contributed by atoms with E-state index in [1.165, 1.54) is 23.5 Å². The number of carbonyl (C=O) groups is 1. The summed E-state index contributed by atoms with van der Waals surface area (Å²) in [4.78, 5) is 32.3. The molecule has 0 fully saturated rings. The molecule has 0 aliphatic carbocycles. The summed E-state index contributed by atoms with van der Waals surface area (Å²) in [5.74, 6) is 1.19. The van der Waals surface area contributed by atoms with Gasteiger partial charge >= 0.3 is 0 Å². The maximum absolute atomic E-state index is 13.2. The van der Waals surface area contributed by atoms with E-state index in [1.54, 1.807) is 23.7 Å². The maximum atomic E-state index is 13.2. The van der Waals surface area contributed by atoms with Crippen LogP contribution in [0.4, 0.5) is 0 Å². The van der Waals surface area contributed by atoms with Gasteiger partial charge in [0.25, 0.3) is 5.56 Å². The van der Waals surface area contributed by atoms with Crippen molar-refractivity contribution in [3.8, 4) is 5.75 Å². The van der Waals surface area contributed by atoms with Gasteiger partial charge in [-0.2, -0.15) is 5.21 Å². The summed E-state index contributed by atoms with van der Waals surface area (Å²) in [6, 6.07) is 20.4. The highest BCUT2D eigenvalue weighted by molar-refractivity contribution is 8.00.